The molecule has 2 aliphatic rings. The van der Waals surface area contributed by atoms with Gasteiger partial charge in [0.25, 0.3) is 0 Å². The van der Waals surface area contributed by atoms with Crippen molar-refractivity contribution in [1.82, 2.24) is 19.9 Å². The van der Waals surface area contributed by atoms with Crippen LogP contribution in [-0.4, -0.2) is 53.2 Å². The number of carbonyl (C=O) groups excluding carboxylic acids is 1. The van der Waals surface area contributed by atoms with Crippen LogP contribution in [0.3, 0.4) is 0 Å². The second-order valence-electron chi connectivity index (χ2n) is 6.45. The number of nitrogens with zero attached hydrogens (tertiary/aromatic N) is 4. The molecular weight excluding hydrogens is 322 g/mol. The number of methoxy groups -OCH3 is 2. The Morgan fingerprint density at radius 3 is 2.72 bits per heavy atom. The molecule has 0 atom stereocenters. The Morgan fingerprint density at radius 1 is 1.24 bits per heavy atom. The molecule has 1 aliphatic carbocycles. The molecule has 8 nitrogen and oxygen atoms in total. The minimum absolute atomic E-state index is 0.151. The van der Waals surface area contributed by atoms with Gasteiger partial charge in [0, 0.05) is 31.3 Å². The van der Waals surface area contributed by atoms with Gasteiger partial charge in [0.05, 0.1) is 31.6 Å². The third-order valence-electron chi connectivity index (χ3n) is 4.70. The van der Waals surface area contributed by atoms with E-state index in [-0.39, 0.29) is 12.1 Å². The number of carbonyl (C=O) groups is 1. The third-order valence-corrected chi connectivity index (χ3v) is 4.70. The zero-order valence-corrected chi connectivity index (χ0v) is 14.3. The summed E-state index contributed by atoms with van der Waals surface area (Å²) in [4.78, 5) is 14.1. The highest BCUT2D eigenvalue weighted by Crippen LogP contribution is 2.39. The summed E-state index contributed by atoms with van der Waals surface area (Å²) in [5, 5.41) is 11.3. The molecule has 2 fully saturated rings. The fourth-order valence-corrected chi connectivity index (χ4v) is 2.92. The second-order valence-corrected chi connectivity index (χ2v) is 6.45. The predicted octanol–water partition coefficient (Wildman–Crippen LogP) is 2.26. The van der Waals surface area contributed by atoms with Gasteiger partial charge in [-0.1, -0.05) is 5.21 Å². The summed E-state index contributed by atoms with van der Waals surface area (Å²) in [6.07, 6.45) is 4.44. The van der Waals surface area contributed by atoms with E-state index in [2.05, 4.69) is 15.6 Å². The van der Waals surface area contributed by atoms with Crippen molar-refractivity contribution in [1.29, 1.82) is 0 Å². The number of ether oxygens (including phenoxy) is 2. The van der Waals surface area contributed by atoms with Crippen LogP contribution < -0.4 is 14.8 Å². The van der Waals surface area contributed by atoms with Gasteiger partial charge in [0.1, 0.15) is 11.5 Å². The molecule has 25 heavy (non-hydrogen) atoms. The first-order chi connectivity index (χ1) is 12.2. The van der Waals surface area contributed by atoms with Crippen LogP contribution in [0.4, 0.5) is 10.5 Å². The van der Waals surface area contributed by atoms with Gasteiger partial charge in [-0.25, -0.2) is 9.48 Å². The van der Waals surface area contributed by atoms with E-state index in [0.717, 1.165) is 5.69 Å². The lowest BCUT2D eigenvalue weighted by molar-refractivity contribution is 0.127. The van der Waals surface area contributed by atoms with E-state index >= 15 is 0 Å². The first-order valence-electron chi connectivity index (χ1n) is 8.37. The molecular formula is C17H21N5O3. The van der Waals surface area contributed by atoms with Crippen molar-refractivity contribution >= 4 is 11.7 Å². The van der Waals surface area contributed by atoms with Gasteiger partial charge >= 0.3 is 6.03 Å². The summed E-state index contributed by atoms with van der Waals surface area (Å²) in [7, 11) is 3.15. The van der Waals surface area contributed by atoms with E-state index in [1.54, 1.807) is 37.3 Å². The van der Waals surface area contributed by atoms with Gasteiger partial charge in [-0.2, -0.15) is 0 Å². The number of anilines is 1. The fourth-order valence-electron chi connectivity index (χ4n) is 2.92. The lowest BCUT2D eigenvalue weighted by Crippen LogP contribution is -2.52. The van der Waals surface area contributed by atoms with Gasteiger partial charge in [-0.3, -0.25) is 0 Å². The van der Waals surface area contributed by atoms with E-state index in [0.29, 0.717) is 36.2 Å². The Hall–Kier alpha value is -2.77. The quantitative estimate of drug-likeness (QED) is 0.900. The molecule has 2 aromatic rings. The maximum absolute atomic E-state index is 12.4. The van der Waals surface area contributed by atoms with Crippen LogP contribution in [0.1, 0.15) is 30.5 Å². The van der Waals surface area contributed by atoms with Crippen LogP contribution in [0.5, 0.6) is 11.5 Å². The molecule has 1 N–H and O–H groups in total. The Morgan fingerprint density at radius 2 is 2.04 bits per heavy atom. The molecule has 0 bridgehead atoms. The molecule has 8 heteroatoms. The summed E-state index contributed by atoms with van der Waals surface area (Å²) in [5.74, 6) is 1.84. The summed E-state index contributed by atoms with van der Waals surface area (Å²) < 4.78 is 12.4. The number of rotatable bonds is 5. The molecule has 4 rings (SSSR count). The predicted molar refractivity (Wildman–Crippen MR) is 91.2 cm³/mol. The van der Waals surface area contributed by atoms with Crippen molar-refractivity contribution in [3.63, 3.8) is 0 Å². The molecule has 1 aromatic heterocycles. The van der Waals surface area contributed by atoms with E-state index in [4.69, 9.17) is 9.47 Å². The standard InChI is InChI=1S/C17H21N5O3/c1-24-13-5-6-14(16(7-13)25-2)18-17(23)21-8-12(9-21)22-10-15(19-20-22)11-3-4-11/h5-7,10-12H,3-4,8-9H2,1-2H3,(H,18,23). The average Bonchev–Trinajstić information content (AvgIpc) is 3.33. The van der Waals surface area contributed by atoms with Crippen molar-refractivity contribution in [2.45, 2.75) is 24.8 Å². The minimum atomic E-state index is -0.151. The van der Waals surface area contributed by atoms with Crippen LogP contribution in [-0.2, 0) is 0 Å². The van der Waals surface area contributed by atoms with E-state index < -0.39 is 0 Å². The SMILES string of the molecule is COc1ccc(NC(=O)N2CC(n3cc(C4CC4)nn3)C2)c(OC)c1. The zero-order chi connectivity index (χ0) is 17.4. The lowest BCUT2D eigenvalue weighted by Gasteiger charge is -2.38. The van der Waals surface area contributed by atoms with E-state index in [9.17, 15) is 4.79 Å². The highest BCUT2D eigenvalue weighted by Gasteiger charge is 2.34. The second kappa shape index (κ2) is 6.27. The Balaban J connectivity index is 1.35. The Labute approximate surface area is 145 Å². The molecule has 1 aromatic carbocycles. The molecule has 2 heterocycles. The summed E-state index contributed by atoms with van der Waals surface area (Å²) in [6, 6.07) is 5.34. The van der Waals surface area contributed by atoms with Crippen LogP contribution >= 0.6 is 0 Å². The number of amides is 2. The summed E-state index contributed by atoms with van der Waals surface area (Å²) in [5.41, 5.74) is 1.69. The van der Waals surface area contributed by atoms with Crippen LogP contribution in [0.25, 0.3) is 0 Å². The van der Waals surface area contributed by atoms with Crippen LogP contribution in [0.15, 0.2) is 24.4 Å². The highest BCUT2D eigenvalue weighted by molar-refractivity contribution is 5.91. The lowest BCUT2D eigenvalue weighted by atomic mass is 10.1. The number of hydrogen-bond donors (Lipinski definition) is 1. The summed E-state index contributed by atoms with van der Waals surface area (Å²) in [6.45, 7) is 1.25. The number of nitrogens with one attached hydrogen (secondary N) is 1. The molecule has 2 amide bonds. The van der Waals surface area contributed by atoms with Gasteiger partial charge in [-0.05, 0) is 25.0 Å². The van der Waals surface area contributed by atoms with Crippen molar-refractivity contribution in [3.8, 4) is 11.5 Å². The molecule has 0 radical (unpaired) electrons. The maximum atomic E-state index is 12.4. The van der Waals surface area contributed by atoms with Crippen molar-refractivity contribution in [3.05, 3.63) is 30.1 Å². The van der Waals surface area contributed by atoms with Crippen molar-refractivity contribution in [2.75, 3.05) is 32.6 Å². The molecule has 1 aliphatic heterocycles. The average molecular weight is 343 g/mol. The number of aromatic nitrogens is 3. The third kappa shape index (κ3) is 3.11. The maximum Gasteiger partial charge on any atom is 0.322 e. The topological polar surface area (TPSA) is 81.5 Å². The van der Waals surface area contributed by atoms with Crippen LogP contribution in [0.2, 0.25) is 0 Å². The molecule has 132 valence electrons. The molecule has 0 unspecified atom stereocenters. The van der Waals surface area contributed by atoms with E-state index in [1.807, 2.05) is 10.9 Å². The van der Waals surface area contributed by atoms with E-state index in [1.165, 1.54) is 12.8 Å². The molecule has 1 saturated carbocycles. The van der Waals surface area contributed by atoms with Gasteiger partial charge in [0.2, 0.25) is 0 Å². The van der Waals surface area contributed by atoms with Crippen LogP contribution in [0, 0.1) is 0 Å². The van der Waals surface area contributed by atoms with Gasteiger partial charge in [-0.15, -0.1) is 5.10 Å². The van der Waals surface area contributed by atoms with Crippen molar-refractivity contribution in [2.24, 2.45) is 0 Å². The zero-order valence-electron chi connectivity index (χ0n) is 14.3. The minimum Gasteiger partial charge on any atom is -0.497 e. The monoisotopic (exact) mass is 343 g/mol. The first kappa shape index (κ1) is 15.7. The van der Waals surface area contributed by atoms with Gasteiger partial charge < -0.3 is 19.7 Å². The van der Waals surface area contributed by atoms with Crippen molar-refractivity contribution < 1.29 is 14.3 Å². The number of likely N-dealkylation sites (tertiary alicyclic amines) is 1. The number of benzene rings is 1. The Bertz CT molecular complexity index is 780. The molecule has 0 spiro atoms. The van der Waals surface area contributed by atoms with Gasteiger partial charge in [0.15, 0.2) is 0 Å². The number of hydrogen-bond acceptors (Lipinski definition) is 5. The first-order valence-corrected chi connectivity index (χ1v) is 8.37. The summed E-state index contributed by atoms with van der Waals surface area (Å²) >= 11 is 0. The molecule has 1 saturated heterocycles. The largest absolute Gasteiger partial charge is 0.497 e. The number of urea groups is 1. The Kier molecular flexibility index (Phi) is 3.95. The smallest absolute Gasteiger partial charge is 0.322 e. The fraction of sp³-hybridized carbons (Fsp3) is 0.471. The highest BCUT2D eigenvalue weighted by atomic mass is 16.5. The normalized spacial score (nSPS) is 17.1.